The molecule has 1 aliphatic heterocycles. The van der Waals surface area contributed by atoms with Gasteiger partial charge in [-0.05, 0) is 37.4 Å². The van der Waals surface area contributed by atoms with Gasteiger partial charge < -0.3 is 9.80 Å². The van der Waals surface area contributed by atoms with Gasteiger partial charge in [-0.15, -0.1) is 5.10 Å². The van der Waals surface area contributed by atoms with Crippen molar-refractivity contribution < 1.29 is 4.39 Å². The fraction of sp³-hybridized carbons (Fsp3) is 0.250. The van der Waals surface area contributed by atoms with Crippen LogP contribution in [-0.4, -0.2) is 57.9 Å². The predicted octanol–water partition coefficient (Wildman–Crippen LogP) is 3.49. The zero-order valence-electron chi connectivity index (χ0n) is 15.3. The van der Waals surface area contributed by atoms with Crippen LogP contribution < -0.4 is 4.90 Å². The van der Waals surface area contributed by atoms with E-state index in [0.717, 1.165) is 42.9 Å². The summed E-state index contributed by atoms with van der Waals surface area (Å²) in [7, 11) is 2.12. The lowest BCUT2D eigenvalue weighted by atomic mass is 10.1. The van der Waals surface area contributed by atoms with E-state index in [0.29, 0.717) is 21.9 Å². The standard InChI is InChI=1S/C20H18ClFN6/c1-26-7-9-27(10-8-26)19-16-12-14(21)5-6-17(16)28-20(23-19)18(24-25-28)13-3-2-4-15(22)11-13/h2-6,11-12H,7-10H2,1H3. The summed E-state index contributed by atoms with van der Waals surface area (Å²) in [6, 6.07) is 12.0. The molecule has 0 atom stereocenters. The first-order valence-corrected chi connectivity index (χ1v) is 9.52. The Bertz CT molecular complexity index is 1180. The molecule has 8 heteroatoms. The second kappa shape index (κ2) is 6.68. The number of likely N-dealkylation sites (N-methyl/N-ethyl adjacent to an activating group) is 1. The molecule has 1 aliphatic rings. The maximum Gasteiger partial charge on any atom is 0.186 e. The average molecular weight is 397 g/mol. The molecular weight excluding hydrogens is 379 g/mol. The number of halogens is 2. The van der Waals surface area contributed by atoms with Crippen LogP contribution in [-0.2, 0) is 0 Å². The van der Waals surface area contributed by atoms with Crippen LogP contribution in [0, 0.1) is 5.82 Å². The molecule has 0 bridgehead atoms. The Kier molecular flexibility index (Phi) is 4.14. The van der Waals surface area contributed by atoms with Crippen molar-refractivity contribution in [3.63, 3.8) is 0 Å². The Hall–Kier alpha value is -2.77. The van der Waals surface area contributed by atoms with Crippen LogP contribution in [0.15, 0.2) is 42.5 Å². The van der Waals surface area contributed by atoms with E-state index in [1.807, 2.05) is 24.3 Å². The minimum absolute atomic E-state index is 0.314. The summed E-state index contributed by atoms with van der Waals surface area (Å²) in [6.45, 7) is 3.67. The maximum atomic E-state index is 13.8. The van der Waals surface area contributed by atoms with E-state index in [2.05, 4.69) is 27.2 Å². The molecular formula is C20H18ClFN6. The Balaban J connectivity index is 1.76. The van der Waals surface area contributed by atoms with Crippen LogP contribution in [0.5, 0.6) is 0 Å². The van der Waals surface area contributed by atoms with E-state index in [1.54, 1.807) is 10.6 Å². The molecule has 0 N–H and O–H groups in total. The highest BCUT2D eigenvalue weighted by Gasteiger charge is 2.22. The lowest BCUT2D eigenvalue weighted by molar-refractivity contribution is 0.312. The van der Waals surface area contributed by atoms with Crippen LogP contribution in [0.1, 0.15) is 0 Å². The molecule has 1 saturated heterocycles. The van der Waals surface area contributed by atoms with Crippen molar-refractivity contribution in [2.75, 3.05) is 38.1 Å². The monoisotopic (exact) mass is 396 g/mol. The average Bonchev–Trinajstić information content (AvgIpc) is 3.12. The normalized spacial score (nSPS) is 15.6. The Morgan fingerprint density at radius 2 is 1.86 bits per heavy atom. The topological polar surface area (TPSA) is 49.6 Å². The third-order valence-electron chi connectivity index (χ3n) is 5.19. The molecule has 6 nitrogen and oxygen atoms in total. The van der Waals surface area contributed by atoms with Gasteiger partial charge in [0.05, 0.1) is 5.52 Å². The van der Waals surface area contributed by atoms with Crippen molar-refractivity contribution in [3.05, 3.63) is 53.3 Å². The SMILES string of the molecule is CN1CCN(c2nc3c(-c4cccc(F)c4)nnn3c3ccc(Cl)cc23)CC1. The number of fused-ring (bicyclic) bond motifs is 3. The largest absolute Gasteiger partial charge is 0.353 e. The smallest absolute Gasteiger partial charge is 0.186 e. The number of aromatic nitrogens is 4. The second-order valence-corrected chi connectivity index (χ2v) is 7.51. The van der Waals surface area contributed by atoms with E-state index in [-0.39, 0.29) is 5.82 Å². The van der Waals surface area contributed by atoms with Crippen molar-refractivity contribution in [3.8, 4) is 11.3 Å². The zero-order valence-corrected chi connectivity index (χ0v) is 16.1. The van der Waals surface area contributed by atoms with E-state index in [1.165, 1.54) is 12.1 Å². The van der Waals surface area contributed by atoms with E-state index >= 15 is 0 Å². The van der Waals surface area contributed by atoms with Gasteiger partial charge in [0.15, 0.2) is 5.65 Å². The maximum absolute atomic E-state index is 13.8. The van der Waals surface area contributed by atoms with Gasteiger partial charge in [-0.25, -0.2) is 9.37 Å². The van der Waals surface area contributed by atoms with Crippen molar-refractivity contribution in [1.82, 2.24) is 24.7 Å². The molecule has 28 heavy (non-hydrogen) atoms. The number of benzene rings is 2. The summed E-state index contributed by atoms with van der Waals surface area (Å²) in [5.41, 5.74) is 2.69. The Morgan fingerprint density at radius 3 is 2.64 bits per heavy atom. The Labute approximate surface area is 166 Å². The van der Waals surface area contributed by atoms with Crippen molar-refractivity contribution in [2.24, 2.45) is 0 Å². The number of nitrogens with zero attached hydrogens (tertiary/aromatic N) is 6. The van der Waals surface area contributed by atoms with Gasteiger partial charge in [0, 0.05) is 42.2 Å². The molecule has 3 heterocycles. The van der Waals surface area contributed by atoms with Crippen LogP contribution in [0.2, 0.25) is 5.02 Å². The first-order valence-electron chi connectivity index (χ1n) is 9.14. The Morgan fingerprint density at radius 1 is 1.04 bits per heavy atom. The predicted molar refractivity (Wildman–Crippen MR) is 108 cm³/mol. The van der Waals surface area contributed by atoms with Crippen molar-refractivity contribution in [2.45, 2.75) is 0 Å². The quantitative estimate of drug-likeness (QED) is 0.519. The third-order valence-corrected chi connectivity index (χ3v) is 5.42. The molecule has 0 radical (unpaired) electrons. The van der Waals surface area contributed by atoms with Crippen LogP contribution in [0.25, 0.3) is 27.8 Å². The van der Waals surface area contributed by atoms with Crippen LogP contribution in [0.4, 0.5) is 10.2 Å². The third kappa shape index (κ3) is 2.87. The lowest BCUT2D eigenvalue weighted by Gasteiger charge is -2.33. The number of rotatable bonds is 2. The highest BCUT2D eigenvalue weighted by Crippen LogP contribution is 2.32. The fourth-order valence-electron chi connectivity index (χ4n) is 3.65. The molecule has 0 saturated carbocycles. The van der Waals surface area contributed by atoms with E-state index in [9.17, 15) is 4.39 Å². The molecule has 4 aromatic rings. The molecule has 0 unspecified atom stereocenters. The number of anilines is 1. The molecule has 0 amide bonds. The van der Waals surface area contributed by atoms with Crippen molar-refractivity contribution in [1.29, 1.82) is 0 Å². The molecule has 142 valence electrons. The number of hydrogen-bond donors (Lipinski definition) is 0. The molecule has 5 rings (SSSR count). The van der Waals surface area contributed by atoms with Crippen molar-refractivity contribution >= 4 is 34.0 Å². The van der Waals surface area contributed by atoms with Gasteiger partial charge >= 0.3 is 0 Å². The summed E-state index contributed by atoms with van der Waals surface area (Å²) in [6.07, 6.45) is 0. The molecule has 1 fully saturated rings. The number of piperazine rings is 1. The van der Waals surface area contributed by atoms with E-state index in [4.69, 9.17) is 16.6 Å². The summed E-state index contributed by atoms with van der Waals surface area (Å²) in [4.78, 5) is 9.48. The van der Waals surface area contributed by atoms with Gasteiger partial charge in [-0.3, -0.25) is 0 Å². The summed E-state index contributed by atoms with van der Waals surface area (Å²) < 4.78 is 15.5. The van der Waals surface area contributed by atoms with Gasteiger partial charge in [-0.1, -0.05) is 28.9 Å². The van der Waals surface area contributed by atoms with Crippen LogP contribution in [0.3, 0.4) is 0 Å². The summed E-state index contributed by atoms with van der Waals surface area (Å²) >= 11 is 6.28. The number of hydrogen-bond acceptors (Lipinski definition) is 5. The van der Waals surface area contributed by atoms with Crippen LogP contribution >= 0.6 is 11.6 Å². The minimum atomic E-state index is -0.314. The fourth-order valence-corrected chi connectivity index (χ4v) is 3.83. The molecule has 2 aromatic heterocycles. The van der Waals surface area contributed by atoms with Gasteiger partial charge in [0.25, 0.3) is 0 Å². The van der Waals surface area contributed by atoms with Gasteiger partial charge in [-0.2, -0.15) is 4.52 Å². The lowest BCUT2D eigenvalue weighted by Crippen LogP contribution is -2.45. The first kappa shape index (κ1) is 17.3. The van der Waals surface area contributed by atoms with Gasteiger partial charge in [0.2, 0.25) is 0 Å². The first-order chi connectivity index (χ1) is 13.6. The molecule has 0 spiro atoms. The van der Waals surface area contributed by atoms with E-state index < -0.39 is 0 Å². The second-order valence-electron chi connectivity index (χ2n) is 7.07. The summed E-state index contributed by atoms with van der Waals surface area (Å²) in [5, 5.41) is 10.2. The summed E-state index contributed by atoms with van der Waals surface area (Å²) in [5.74, 6) is 0.545. The molecule has 2 aromatic carbocycles. The van der Waals surface area contributed by atoms with Gasteiger partial charge in [0.1, 0.15) is 17.3 Å². The highest BCUT2D eigenvalue weighted by molar-refractivity contribution is 6.31. The zero-order chi connectivity index (χ0) is 19.3. The highest BCUT2D eigenvalue weighted by atomic mass is 35.5. The minimum Gasteiger partial charge on any atom is -0.353 e. The molecule has 0 aliphatic carbocycles.